The van der Waals surface area contributed by atoms with E-state index in [-0.39, 0.29) is 17.0 Å². The van der Waals surface area contributed by atoms with Crippen molar-refractivity contribution in [2.24, 2.45) is 0 Å². The number of hydrogen-bond acceptors (Lipinski definition) is 1. The van der Waals surface area contributed by atoms with Crippen molar-refractivity contribution in [2.75, 3.05) is 6.54 Å². The van der Waals surface area contributed by atoms with Gasteiger partial charge in [-0.2, -0.15) is 0 Å². The van der Waals surface area contributed by atoms with Gasteiger partial charge in [-0.05, 0) is 26.3 Å². The minimum atomic E-state index is 0. The third kappa shape index (κ3) is 2.29. The van der Waals surface area contributed by atoms with Crippen molar-refractivity contribution in [1.29, 1.82) is 0 Å². The first-order chi connectivity index (χ1) is 2.89. The zero-order chi connectivity index (χ0) is 4.41. The van der Waals surface area contributed by atoms with Gasteiger partial charge in [-0.25, -0.2) is 0 Å². The molecule has 1 rings (SSSR count). The highest BCUT2D eigenvalue weighted by atomic mass is 79.9. The summed E-state index contributed by atoms with van der Waals surface area (Å²) in [6, 6.07) is 0.796. The van der Waals surface area contributed by atoms with Crippen LogP contribution in [0.2, 0.25) is 0 Å². The number of rotatable bonds is 0. The minimum Gasteiger partial charge on any atom is -0.314 e. The molecule has 1 saturated heterocycles. The fourth-order valence-corrected chi connectivity index (χ4v) is 0.859. The van der Waals surface area contributed by atoms with Gasteiger partial charge in [-0.15, -0.1) is 17.0 Å². The topological polar surface area (TPSA) is 12.0 Å². The lowest BCUT2D eigenvalue weighted by atomic mass is 10.3. The molecule has 0 bridgehead atoms. The summed E-state index contributed by atoms with van der Waals surface area (Å²) in [7, 11) is 0. The smallest absolute Gasteiger partial charge is 0.00391 e. The molecule has 1 heterocycles. The number of halogens is 1. The fraction of sp³-hybridized carbons (Fsp3) is 1.00. The van der Waals surface area contributed by atoms with Crippen LogP contribution in [0.5, 0.6) is 0 Å². The largest absolute Gasteiger partial charge is 0.314 e. The second-order valence-corrected chi connectivity index (χ2v) is 2.00. The highest BCUT2D eigenvalue weighted by molar-refractivity contribution is 8.93. The molecular formula is C5H12BrN. The summed E-state index contributed by atoms with van der Waals surface area (Å²) in [4.78, 5) is 0. The van der Waals surface area contributed by atoms with Gasteiger partial charge in [0.2, 0.25) is 0 Å². The van der Waals surface area contributed by atoms with E-state index in [4.69, 9.17) is 0 Å². The summed E-state index contributed by atoms with van der Waals surface area (Å²) in [5, 5.41) is 3.32. The Morgan fingerprint density at radius 2 is 2.29 bits per heavy atom. The third-order valence-electron chi connectivity index (χ3n) is 1.31. The summed E-state index contributed by atoms with van der Waals surface area (Å²) in [5.41, 5.74) is 0. The molecule has 0 aromatic rings. The predicted molar refractivity (Wildman–Crippen MR) is 37.0 cm³/mol. The van der Waals surface area contributed by atoms with E-state index in [0.29, 0.717) is 0 Å². The molecule has 0 aliphatic carbocycles. The molecular weight excluding hydrogens is 154 g/mol. The van der Waals surface area contributed by atoms with Gasteiger partial charge in [0.05, 0.1) is 0 Å². The second-order valence-electron chi connectivity index (χ2n) is 2.00. The van der Waals surface area contributed by atoms with Gasteiger partial charge in [-0.1, -0.05) is 0 Å². The van der Waals surface area contributed by atoms with Gasteiger partial charge in [-0.3, -0.25) is 0 Å². The molecule has 7 heavy (non-hydrogen) atoms. The van der Waals surface area contributed by atoms with Gasteiger partial charge in [0.25, 0.3) is 0 Å². The molecule has 0 aromatic heterocycles. The molecule has 1 N–H and O–H groups in total. The third-order valence-corrected chi connectivity index (χ3v) is 1.31. The summed E-state index contributed by atoms with van der Waals surface area (Å²) in [5.74, 6) is 0. The van der Waals surface area contributed by atoms with Gasteiger partial charge < -0.3 is 5.32 Å². The van der Waals surface area contributed by atoms with E-state index in [9.17, 15) is 0 Å². The number of nitrogens with one attached hydrogen (secondary N) is 1. The minimum absolute atomic E-state index is 0. The normalized spacial score (nSPS) is 29.6. The molecule has 0 saturated carbocycles. The van der Waals surface area contributed by atoms with Crippen LogP contribution >= 0.6 is 17.0 Å². The number of hydrogen-bond donors (Lipinski definition) is 1. The molecule has 2 heteroatoms. The van der Waals surface area contributed by atoms with Gasteiger partial charge >= 0.3 is 0 Å². The maximum absolute atomic E-state index is 3.32. The molecule has 44 valence electrons. The van der Waals surface area contributed by atoms with Crippen LogP contribution in [0.15, 0.2) is 0 Å². The van der Waals surface area contributed by atoms with Crippen molar-refractivity contribution in [1.82, 2.24) is 5.32 Å². The van der Waals surface area contributed by atoms with Gasteiger partial charge in [0.15, 0.2) is 0 Å². The zero-order valence-electron chi connectivity index (χ0n) is 4.61. The SMILES string of the molecule is Br.C[C@@H]1CCCN1. The van der Waals surface area contributed by atoms with E-state index in [1.165, 1.54) is 19.4 Å². The van der Waals surface area contributed by atoms with Crippen LogP contribution in [-0.2, 0) is 0 Å². The van der Waals surface area contributed by atoms with E-state index in [2.05, 4.69) is 12.2 Å². The van der Waals surface area contributed by atoms with E-state index in [1.807, 2.05) is 0 Å². The highest BCUT2D eigenvalue weighted by Gasteiger charge is 2.05. The molecule has 0 radical (unpaired) electrons. The second kappa shape index (κ2) is 3.44. The van der Waals surface area contributed by atoms with Crippen molar-refractivity contribution in [2.45, 2.75) is 25.8 Å². The van der Waals surface area contributed by atoms with Crippen molar-refractivity contribution >= 4 is 17.0 Å². The standard InChI is InChI=1S/C5H11N.BrH/c1-5-3-2-4-6-5;/h5-6H,2-4H2,1H3;1H/t5-;/m1./s1. The van der Waals surface area contributed by atoms with E-state index in [1.54, 1.807) is 0 Å². The van der Waals surface area contributed by atoms with Gasteiger partial charge in [0.1, 0.15) is 0 Å². The van der Waals surface area contributed by atoms with Crippen molar-refractivity contribution in [3.8, 4) is 0 Å². The first kappa shape index (κ1) is 7.44. The molecule has 0 spiro atoms. The Bertz CT molecular complexity index is 41.3. The quantitative estimate of drug-likeness (QED) is 0.572. The van der Waals surface area contributed by atoms with Crippen LogP contribution in [-0.4, -0.2) is 12.6 Å². The Balaban J connectivity index is 0.000000360. The average Bonchev–Trinajstić information content (AvgIpc) is 1.86. The Morgan fingerprint density at radius 3 is 2.43 bits per heavy atom. The van der Waals surface area contributed by atoms with Gasteiger partial charge in [0, 0.05) is 6.04 Å². The van der Waals surface area contributed by atoms with E-state index in [0.717, 1.165) is 6.04 Å². The monoisotopic (exact) mass is 165 g/mol. The lowest BCUT2D eigenvalue weighted by Gasteiger charge is -1.95. The van der Waals surface area contributed by atoms with Crippen LogP contribution in [0.25, 0.3) is 0 Å². The molecule has 0 amide bonds. The molecule has 0 aromatic carbocycles. The van der Waals surface area contributed by atoms with Crippen molar-refractivity contribution < 1.29 is 0 Å². The molecule has 1 aliphatic heterocycles. The van der Waals surface area contributed by atoms with Crippen LogP contribution in [0, 0.1) is 0 Å². The Morgan fingerprint density at radius 1 is 1.57 bits per heavy atom. The maximum atomic E-state index is 3.32. The molecule has 1 aliphatic rings. The highest BCUT2D eigenvalue weighted by Crippen LogP contribution is 2.01. The molecule has 1 atom stereocenters. The zero-order valence-corrected chi connectivity index (χ0v) is 6.32. The lowest BCUT2D eigenvalue weighted by molar-refractivity contribution is 0.664. The first-order valence-corrected chi connectivity index (χ1v) is 2.63. The van der Waals surface area contributed by atoms with Crippen LogP contribution in [0.4, 0.5) is 0 Å². The van der Waals surface area contributed by atoms with Crippen LogP contribution in [0.1, 0.15) is 19.8 Å². The Labute approximate surface area is 55.3 Å². The van der Waals surface area contributed by atoms with Crippen molar-refractivity contribution in [3.63, 3.8) is 0 Å². The molecule has 1 fully saturated rings. The average molecular weight is 166 g/mol. The molecule has 0 unspecified atom stereocenters. The Hall–Kier alpha value is 0.440. The molecule has 1 nitrogen and oxygen atoms in total. The van der Waals surface area contributed by atoms with Crippen LogP contribution in [0.3, 0.4) is 0 Å². The lowest BCUT2D eigenvalue weighted by Crippen LogP contribution is -2.16. The van der Waals surface area contributed by atoms with E-state index >= 15 is 0 Å². The summed E-state index contributed by atoms with van der Waals surface area (Å²) in [6.07, 6.45) is 2.75. The van der Waals surface area contributed by atoms with Crippen molar-refractivity contribution in [3.05, 3.63) is 0 Å². The van der Waals surface area contributed by atoms with Crippen LogP contribution < -0.4 is 5.32 Å². The fourth-order valence-electron chi connectivity index (χ4n) is 0.859. The summed E-state index contributed by atoms with van der Waals surface area (Å²) >= 11 is 0. The van der Waals surface area contributed by atoms with E-state index < -0.39 is 0 Å². The Kier molecular flexibility index (Phi) is 3.66. The summed E-state index contributed by atoms with van der Waals surface area (Å²) < 4.78 is 0. The summed E-state index contributed by atoms with van der Waals surface area (Å²) in [6.45, 7) is 3.47. The predicted octanol–water partition coefficient (Wildman–Crippen LogP) is 1.34. The maximum Gasteiger partial charge on any atom is 0.00391 e. The first-order valence-electron chi connectivity index (χ1n) is 2.63.